The van der Waals surface area contributed by atoms with Gasteiger partial charge < -0.3 is 20.2 Å². The lowest BCUT2D eigenvalue weighted by atomic mass is 9.95. The fraction of sp³-hybridized carbons (Fsp3) is 0.333. The molecule has 0 aliphatic rings. The highest BCUT2D eigenvalue weighted by Crippen LogP contribution is 2.30. The molecule has 3 aromatic rings. The molecule has 0 aliphatic heterocycles. The van der Waals surface area contributed by atoms with E-state index in [4.69, 9.17) is 15.2 Å². The smallest absolute Gasteiger partial charge is 0.405 e. The fourth-order valence-corrected chi connectivity index (χ4v) is 3.46. The van der Waals surface area contributed by atoms with Crippen molar-refractivity contribution in [2.75, 3.05) is 6.61 Å². The summed E-state index contributed by atoms with van der Waals surface area (Å²) in [6.07, 6.45) is 2.98. The van der Waals surface area contributed by atoms with E-state index in [0.29, 0.717) is 17.7 Å². The molecule has 8 nitrogen and oxygen atoms in total. The number of amides is 1. The van der Waals surface area contributed by atoms with Gasteiger partial charge in [0.05, 0.1) is 11.3 Å². The van der Waals surface area contributed by atoms with E-state index >= 15 is 0 Å². The van der Waals surface area contributed by atoms with Crippen LogP contribution >= 0.6 is 0 Å². The Kier molecular flexibility index (Phi) is 5.69. The quantitative estimate of drug-likeness (QED) is 0.629. The highest BCUT2D eigenvalue weighted by Gasteiger charge is 2.31. The maximum Gasteiger partial charge on any atom is 0.405 e. The first-order chi connectivity index (χ1) is 13.8. The standard InChI is InChI=1S/C21H23N5O3/c1-13(2)9-21(3,29-20(23)27)11-28-17-5-4-14(8-15(17)10-22)18-16-6-7-24-19(16)26-12-25-18/h4-8,12-13H,9,11H2,1-3H3,(H2,23,27)(H,24,25,26)/t21-/m0/s1. The van der Waals surface area contributed by atoms with E-state index in [9.17, 15) is 10.1 Å². The van der Waals surface area contributed by atoms with Crippen LogP contribution in [0.15, 0.2) is 36.8 Å². The third kappa shape index (κ3) is 4.63. The number of hydrogen-bond acceptors (Lipinski definition) is 6. The Balaban J connectivity index is 1.87. The van der Waals surface area contributed by atoms with Crippen molar-refractivity contribution in [1.82, 2.24) is 15.0 Å². The maximum absolute atomic E-state index is 11.3. The molecule has 0 spiro atoms. The number of benzene rings is 1. The van der Waals surface area contributed by atoms with Crippen LogP contribution in [0.25, 0.3) is 22.3 Å². The van der Waals surface area contributed by atoms with E-state index in [2.05, 4.69) is 21.0 Å². The van der Waals surface area contributed by atoms with E-state index in [-0.39, 0.29) is 12.5 Å². The molecule has 29 heavy (non-hydrogen) atoms. The summed E-state index contributed by atoms with van der Waals surface area (Å²) < 4.78 is 11.2. The van der Waals surface area contributed by atoms with Gasteiger partial charge in [0, 0.05) is 17.1 Å². The van der Waals surface area contributed by atoms with Gasteiger partial charge in [-0.1, -0.05) is 13.8 Å². The molecule has 0 aliphatic carbocycles. The number of fused-ring (bicyclic) bond motifs is 1. The number of carbonyl (C=O) groups is 1. The molecule has 3 rings (SSSR count). The largest absolute Gasteiger partial charge is 0.488 e. The molecule has 0 bridgehead atoms. The average Bonchev–Trinajstić information content (AvgIpc) is 3.13. The summed E-state index contributed by atoms with van der Waals surface area (Å²) in [6, 6.07) is 9.32. The molecule has 1 amide bonds. The van der Waals surface area contributed by atoms with Crippen LogP contribution < -0.4 is 10.5 Å². The first-order valence-corrected chi connectivity index (χ1v) is 9.25. The molecule has 0 saturated carbocycles. The summed E-state index contributed by atoms with van der Waals surface area (Å²) >= 11 is 0. The Bertz CT molecular complexity index is 1070. The molecule has 0 saturated heterocycles. The van der Waals surface area contributed by atoms with Gasteiger partial charge >= 0.3 is 6.09 Å². The molecule has 0 unspecified atom stereocenters. The van der Waals surface area contributed by atoms with Gasteiger partial charge in [-0.05, 0) is 43.5 Å². The van der Waals surface area contributed by atoms with Gasteiger partial charge in [0.25, 0.3) is 0 Å². The van der Waals surface area contributed by atoms with Gasteiger partial charge in [-0.15, -0.1) is 0 Å². The minimum atomic E-state index is -0.894. The Morgan fingerprint density at radius 3 is 2.83 bits per heavy atom. The number of aromatic nitrogens is 3. The molecular weight excluding hydrogens is 370 g/mol. The number of carbonyl (C=O) groups excluding carboxylic acids is 1. The lowest BCUT2D eigenvalue weighted by Crippen LogP contribution is -2.41. The predicted molar refractivity (Wildman–Crippen MR) is 108 cm³/mol. The summed E-state index contributed by atoms with van der Waals surface area (Å²) in [4.78, 5) is 22.9. The van der Waals surface area contributed by atoms with Gasteiger partial charge in [-0.2, -0.15) is 5.26 Å². The molecule has 0 radical (unpaired) electrons. The number of hydrogen-bond donors (Lipinski definition) is 2. The minimum Gasteiger partial charge on any atom is -0.488 e. The van der Waals surface area contributed by atoms with Crippen molar-refractivity contribution in [2.24, 2.45) is 11.7 Å². The van der Waals surface area contributed by atoms with Crippen LogP contribution in [-0.2, 0) is 4.74 Å². The van der Waals surface area contributed by atoms with E-state index in [1.807, 2.05) is 26.0 Å². The molecule has 1 atom stereocenters. The summed E-state index contributed by atoms with van der Waals surface area (Å²) in [5.41, 5.74) is 6.90. The third-order valence-electron chi connectivity index (χ3n) is 4.45. The van der Waals surface area contributed by atoms with Gasteiger partial charge in [0.15, 0.2) is 0 Å². The Morgan fingerprint density at radius 1 is 1.34 bits per heavy atom. The second-order valence-corrected chi connectivity index (χ2v) is 7.54. The zero-order valence-corrected chi connectivity index (χ0v) is 16.6. The van der Waals surface area contributed by atoms with E-state index in [0.717, 1.165) is 22.3 Å². The first kappa shape index (κ1) is 20.1. The molecule has 2 heterocycles. The van der Waals surface area contributed by atoms with Crippen LogP contribution in [0.3, 0.4) is 0 Å². The van der Waals surface area contributed by atoms with Crippen LogP contribution in [0.1, 0.15) is 32.8 Å². The Morgan fingerprint density at radius 2 is 2.14 bits per heavy atom. The van der Waals surface area contributed by atoms with Crippen molar-refractivity contribution in [3.8, 4) is 23.1 Å². The lowest BCUT2D eigenvalue weighted by Gasteiger charge is -2.30. The van der Waals surface area contributed by atoms with Crippen LogP contribution in [0, 0.1) is 17.2 Å². The molecule has 0 fully saturated rings. The van der Waals surface area contributed by atoms with Gasteiger partial charge in [0.1, 0.15) is 36.0 Å². The van der Waals surface area contributed by atoms with Gasteiger partial charge in [-0.25, -0.2) is 14.8 Å². The summed E-state index contributed by atoms with van der Waals surface area (Å²) in [5, 5.41) is 10.5. The van der Waals surface area contributed by atoms with Crippen LogP contribution in [0.5, 0.6) is 5.75 Å². The number of rotatable bonds is 7. The molecule has 8 heteroatoms. The predicted octanol–water partition coefficient (Wildman–Crippen LogP) is 3.78. The minimum absolute atomic E-state index is 0.0811. The van der Waals surface area contributed by atoms with Crippen molar-refractivity contribution < 1.29 is 14.3 Å². The lowest BCUT2D eigenvalue weighted by molar-refractivity contribution is -0.0186. The van der Waals surface area contributed by atoms with E-state index in [1.54, 1.807) is 25.3 Å². The number of H-pyrrole nitrogens is 1. The number of aromatic amines is 1. The SMILES string of the molecule is CC(C)C[C@@](C)(COc1ccc(-c2ncnc3[nH]ccc23)cc1C#N)OC(N)=O. The fourth-order valence-electron chi connectivity index (χ4n) is 3.46. The number of nitrogens with two attached hydrogens (primary N) is 1. The maximum atomic E-state index is 11.3. The first-order valence-electron chi connectivity index (χ1n) is 9.25. The molecular formula is C21H23N5O3. The normalized spacial score (nSPS) is 13.1. The molecule has 3 N–H and O–H groups in total. The Labute approximate surface area is 168 Å². The molecule has 150 valence electrons. The van der Waals surface area contributed by atoms with Gasteiger partial charge in [-0.3, -0.25) is 0 Å². The van der Waals surface area contributed by atoms with Crippen LogP contribution in [-0.4, -0.2) is 33.3 Å². The number of ether oxygens (including phenoxy) is 2. The number of nitriles is 1. The second kappa shape index (κ2) is 8.19. The van der Waals surface area contributed by atoms with Crippen molar-refractivity contribution in [2.45, 2.75) is 32.8 Å². The summed E-state index contributed by atoms with van der Waals surface area (Å²) in [7, 11) is 0. The number of nitrogens with one attached hydrogen (secondary N) is 1. The number of nitrogens with zero attached hydrogens (tertiary/aromatic N) is 3. The van der Waals surface area contributed by atoms with Crippen molar-refractivity contribution in [3.05, 3.63) is 42.4 Å². The Hall–Kier alpha value is -3.60. The van der Waals surface area contributed by atoms with Crippen LogP contribution in [0.2, 0.25) is 0 Å². The van der Waals surface area contributed by atoms with Crippen LogP contribution in [0.4, 0.5) is 4.79 Å². The summed E-state index contributed by atoms with van der Waals surface area (Å²) in [6.45, 7) is 5.88. The van der Waals surface area contributed by atoms with Crippen molar-refractivity contribution >= 4 is 17.1 Å². The van der Waals surface area contributed by atoms with Gasteiger partial charge in [0.2, 0.25) is 0 Å². The van der Waals surface area contributed by atoms with E-state index < -0.39 is 11.7 Å². The number of primary amides is 1. The zero-order chi connectivity index (χ0) is 21.0. The van der Waals surface area contributed by atoms with E-state index in [1.165, 1.54) is 6.33 Å². The topological polar surface area (TPSA) is 127 Å². The second-order valence-electron chi connectivity index (χ2n) is 7.54. The third-order valence-corrected chi connectivity index (χ3v) is 4.45. The zero-order valence-electron chi connectivity index (χ0n) is 16.6. The van der Waals surface area contributed by atoms with Crippen molar-refractivity contribution in [1.29, 1.82) is 5.26 Å². The summed E-state index contributed by atoms with van der Waals surface area (Å²) in [5.74, 6) is 0.668. The van der Waals surface area contributed by atoms with Crippen molar-refractivity contribution in [3.63, 3.8) is 0 Å². The average molecular weight is 393 g/mol. The highest BCUT2D eigenvalue weighted by molar-refractivity contribution is 5.90. The molecule has 1 aromatic carbocycles. The highest BCUT2D eigenvalue weighted by atomic mass is 16.6. The monoisotopic (exact) mass is 393 g/mol. The molecule has 2 aromatic heterocycles.